The van der Waals surface area contributed by atoms with Crippen molar-refractivity contribution < 1.29 is 0 Å². The van der Waals surface area contributed by atoms with E-state index in [2.05, 4.69) is 86.2 Å². The van der Waals surface area contributed by atoms with Gasteiger partial charge in [0.25, 0.3) is 0 Å². The van der Waals surface area contributed by atoms with Gasteiger partial charge in [0.05, 0.1) is 0 Å². The first-order chi connectivity index (χ1) is 8.70. The third-order valence-corrected chi connectivity index (χ3v) is 5.73. The Balaban J connectivity index is 2.42. The van der Waals surface area contributed by atoms with Crippen LogP contribution in [0.4, 0.5) is 0 Å². The van der Waals surface area contributed by atoms with E-state index in [0.29, 0.717) is 6.04 Å². The first-order valence-corrected chi connectivity index (χ1v) is 7.62. The van der Waals surface area contributed by atoms with Gasteiger partial charge in [-0.25, -0.2) is 0 Å². The Hall–Kier alpha value is -1.17. The van der Waals surface area contributed by atoms with Crippen molar-refractivity contribution >= 4 is 18.7 Å². The molecule has 0 spiro atoms. The van der Waals surface area contributed by atoms with Crippen LogP contribution in [0.25, 0.3) is 0 Å². The predicted octanol–water partition coefficient (Wildman–Crippen LogP) is 3.37. The van der Waals surface area contributed by atoms with E-state index < -0.39 is 8.07 Å². The van der Waals surface area contributed by atoms with E-state index in [4.69, 9.17) is 0 Å². The lowest BCUT2D eigenvalue weighted by molar-refractivity contribution is 0.459. The van der Waals surface area contributed by atoms with Crippen molar-refractivity contribution in [2.24, 2.45) is 0 Å². The van der Waals surface area contributed by atoms with E-state index in [0.717, 1.165) is 0 Å². The largest absolute Gasteiger partial charge is 0.275 e. The summed E-state index contributed by atoms with van der Waals surface area (Å²) >= 11 is 0. The Morgan fingerprint density at radius 1 is 0.778 bits per heavy atom. The molecule has 0 amide bonds. The second-order valence-electron chi connectivity index (χ2n) is 4.65. The van der Waals surface area contributed by atoms with E-state index in [9.17, 15) is 0 Å². The van der Waals surface area contributed by atoms with Crippen molar-refractivity contribution in [3.63, 3.8) is 0 Å². The van der Waals surface area contributed by atoms with Crippen LogP contribution in [0.15, 0.2) is 60.7 Å². The fourth-order valence-corrected chi connectivity index (χ4v) is 4.28. The van der Waals surface area contributed by atoms with E-state index in [1.807, 2.05) is 0 Å². The third kappa shape index (κ3) is 2.98. The lowest BCUT2D eigenvalue weighted by atomic mass is 10.4. The number of nitrogens with zero attached hydrogens (tertiary/aromatic N) is 1. The zero-order chi connectivity index (χ0) is 13.0. The van der Waals surface area contributed by atoms with Gasteiger partial charge in [-0.1, -0.05) is 60.7 Å². The summed E-state index contributed by atoms with van der Waals surface area (Å²) in [6, 6.07) is 22.1. The van der Waals surface area contributed by atoms with E-state index in [1.54, 1.807) is 0 Å². The van der Waals surface area contributed by atoms with Crippen LogP contribution in [-0.4, -0.2) is 17.8 Å². The molecule has 0 aliphatic carbocycles. The van der Waals surface area contributed by atoms with Crippen LogP contribution in [-0.2, 0) is 0 Å². The van der Waals surface area contributed by atoms with Crippen LogP contribution in [0.5, 0.6) is 0 Å². The Kier molecular flexibility index (Phi) is 4.52. The molecular weight excluding hydrogens is 237 g/mol. The zero-order valence-corrected chi connectivity index (χ0v) is 12.1. The quantitative estimate of drug-likeness (QED) is 0.759. The SMILES string of the molecule is CC(C)N(C)P(c1ccccc1)c1ccccc1. The third-order valence-electron chi connectivity index (χ3n) is 3.06. The van der Waals surface area contributed by atoms with Gasteiger partial charge in [0.1, 0.15) is 0 Å². The average Bonchev–Trinajstić information content (AvgIpc) is 2.41. The molecular formula is C16H20NP. The average molecular weight is 257 g/mol. The van der Waals surface area contributed by atoms with Crippen LogP contribution in [0, 0.1) is 0 Å². The van der Waals surface area contributed by atoms with E-state index in [-0.39, 0.29) is 0 Å². The highest BCUT2D eigenvalue weighted by Gasteiger charge is 2.20. The summed E-state index contributed by atoms with van der Waals surface area (Å²) in [4.78, 5) is 0. The summed E-state index contributed by atoms with van der Waals surface area (Å²) in [5.41, 5.74) is 0. The summed E-state index contributed by atoms with van der Waals surface area (Å²) in [5, 5.41) is 2.82. The fraction of sp³-hybridized carbons (Fsp3) is 0.250. The molecule has 2 aromatic carbocycles. The van der Waals surface area contributed by atoms with Crippen molar-refractivity contribution in [1.29, 1.82) is 0 Å². The maximum atomic E-state index is 2.47. The molecule has 2 aromatic rings. The molecule has 2 heteroatoms. The molecule has 1 nitrogen and oxygen atoms in total. The molecule has 18 heavy (non-hydrogen) atoms. The van der Waals surface area contributed by atoms with Crippen molar-refractivity contribution in [2.75, 3.05) is 7.05 Å². The molecule has 0 saturated carbocycles. The molecule has 0 aromatic heterocycles. The van der Waals surface area contributed by atoms with Gasteiger partial charge in [0, 0.05) is 14.1 Å². The fourth-order valence-electron chi connectivity index (χ4n) is 1.88. The standard InChI is InChI=1S/C16H20NP/c1-14(2)17(3)18(15-10-6-4-7-11-15)16-12-8-5-9-13-16/h4-14H,1-3H3. The van der Waals surface area contributed by atoms with Crippen LogP contribution >= 0.6 is 8.07 Å². The van der Waals surface area contributed by atoms with Crippen molar-refractivity contribution in [3.8, 4) is 0 Å². The van der Waals surface area contributed by atoms with Gasteiger partial charge in [-0.3, -0.25) is 4.67 Å². The molecule has 0 unspecified atom stereocenters. The number of benzene rings is 2. The summed E-state index contributed by atoms with van der Waals surface area (Å²) in [5.74, 6) is 0. The van der Waals surface area contributed by atoms with Crippen LogP contribution in [0.3, 0.4) is 0 Å². The molecule has 0 N–H and O–H groups in total. The van der Waals surface area contributed by atoms with Gasteiger partial charge in [-0.05, 0) is 31.5 Å². The molecule has 0 fully saturated rings. The monoisotopic (exact) mass is 257 g/mol. The minimum Gasteiger partial charge on any atom is -0.275 e. The predicted molar refractivity (Wildman–Crippen MR) is 82.0 cm³/mol. The first kappa shape index (κ1) is 13.3. The van der Waals surface area contributed by atoms with Gasteiger partial charge in [-0.15, -0.1) is 0 Å². The maximum Gasteiger partial charge on any atom is 0.0281 e. The van der Waals surface area contributed by atoms with Gasteiger partial charge in [0.15, 0.2) is 0 Å². The first-order valence-electron chi connectivity index (χ1n) is 6.33. The number of hydrogen-bond donors (Lipinski definition) is 0. The highest BCUT2D eigenvalue weighted by molar-refractivity contribution is 7.70. The Labute approximate surface area is 111 Å². The summed E-state index contributed by atoms with van der Waals surface area (Å²) in [6.45, 7) is 4.50. The molecule has 94 valence electrons. The molecule has 0 bridgehead atoms. The zero-order valence-electron chi connectivity index (χ0n) is 11.2. The lowest BCUT2D eigenvalue weighted by Gasteiger charge is -2.32. The smallest absolute Gasteiger partial charge is 0.0281 e. The second kappa shape index (κ2) is 6.13. The van der Waals surface area contributed by atoms with Gasteiger partial charge in [0.2, 0.25) is 0 Å². The van der Waals surface area contributed by atoms with E-state index >= 15 is 0 Å². The summed E-state index contributed by atoms with van der Waals surface area (Å²) in [6.07, 6.45) is 0. The van der Waals surface area contributed by atoms with Crippen LogP contribution in [0.1, 0.15) is 13.8 Å². The minimum atomic E-state index is -0.418. The Morgan fingerprint density at radius 3 is 1.50 bits per heavy atom. The van der Waals surface area contributed by atoms with Crippen molar-refractivity contribution in [2.45, 2.75) is 19.9 Å². The Bertz CT molecular complexity index is 427. The second-order valence-corrected chi connectivity index (χ2v) is 6.94. The van der Waals surface area contributed by atoms with Crippen LogP contribution < -0.4 is 10.6 Å². The molecule has 0 radical (unpaired) electrons. The Morgan fingerprint density at radius 2 is 1.17 bits per heavy atom. The highest BCUT2D eigenvalue weighted by Crippen LogP contribution is 2.38. The molecule has 0 aliphatic heterocycles. The van der Waals surface area contributed by atoms with Crippen molar-refractivity contribution in [1.82, 2.24) is 4.67 Å². The van der Waals surface area contributed by atoms with Crippen LogP contribution in [0.2, 0.25) is 0 Å². The number of hydrogen-bond acceptors (Lipinski definition) is 1. The normalized spacial score (nSPS) is 11.4. The molecule has 0 heterocycles. The molecule has 2 rings (SSSR count). The van der Waals surface area contributed by atoms with Gasteiger partial charge < -0.3 is 0 Å². The van der Waals surface area contributed by atoms with Crippen molar-refractivity contribution in [3.05, 3.63) is 60.7 Å². The summed E-state index contributed by atoms with van der Waals surface area (Å²) < 4.78 is 2.47. The molecule has 0 atom stereocenters. The summed E-state index contributed by atoms with van der Waals surface area (Å²) in [7, 11) is 1.80. The van der Waals surface area contributed by atoms with E-state index in [1.165, 1.54) is 10.6 Å². The van der Waals surface area contributed by atoms with Gasteiger partial charge in [-0.2, -0.15) is 0 Å². The maximum absolute atomic E-state index is 2.47. The van der Waals surface area contributed by atoms with Gasteiger partial charge >= 0.3 is 0 Å². The molecule has 0 saturated heterocycles. The minimum absolute atomic E-state index is 0.418. The lowest BCUT2D eigenvalue weighted by Crippen LogP contribution is -2.30. The topological polar surface area (TPSA) is 3.24 Å². The number of rotatable bonds is 4. The highest BCUT2D eigenvalue weighted by atomic mass is 31.1. The molecule has 0 aliphatic rings.